The summed E-state index contributed by atoms with van der Waals surface area (Å²) in [7, 11) is 3.70. The van der Waals surface area contributed by atoms with Gasteiger partial charge in [-0.05, 0) is 63.0 Å². The van der Waals surface area contributed by atoms with Gasteiger partial charge in [-0.2, -0.15) is 0 Å². The average molecular weight is 326 g/mol. The smallest absolute Gasteiger partial charge is 0.119 e. The molecule has 0 fully saturated rings. The fourth-order valence-corrected chi connectivity index (χ4v) is 3.84. The van der Waals surface area contributed by atoms with Gasteiger partial charge in [0.05, 0.1) is 18.1 Å². The summed E-state index contributed by atoms with van der Waals surface area (Å²) in [5, 5.41) is 5.62. The van der Waals surface area contributed by atoms with Crippen molar-refractivity contribution in [1.29, 1.82) is 0 Å². The molecular weight excluding hydrogens is 304 g/mol. The summed E-state index contributed by atoms with van der Waals surface area (Å²) in [6.45, 7) is 3.17. The molecule has 0 aliphatic rings. The molecule has 0 radical (unpaired) electrons. The molecule has 3 nitrogen and oxygen atoms in total. The molecule has 120 valence electrons. The lowest BCUT2D eigenvalue weighted by Gasteiger charge is -2.12. The second kappa shape index (κ2) is 7.20. The number of benzene rings is 2. The Kier molecular flexibility index (Phi) is 5.03. The van der Waals surface area contributed by atoms with Crippen molar-refractivity contribution in [3.63, 3.8) is 0 Å². The number of hydrogen-bond donors (Lipinski definition) is 1. The van der Waals surface area contributed by atoms with Crippen molar-refractivity contribution < 1.29 is 4.74 Å². The molecule has 0 saturated carbocycles. The van der Waals surface area contributed by atoms with Crippen LogP contribution in [-0.2, 0) is 0 Å². The van der Waals surface area contributed by atoms with Crippen LogP contribution in [0.15, 0.2) is 41.3 Å². The van der Waals surface area contributed by atoms with Crippen LogP contribution in [0.3, 0.4) is 0 Å². The maximum absolute atomic E-state index is 5.41. The molecule has 0 spiro atoms. The molecule has 0 bridgehead atoms. The topological polar surface area (TPSA) is 34.2 Å². The van der Waals surface area contributed by atoms with Gasteiger partial charge in [-0.15, -0.1) is 11.8 Å². The van der Waals surface area contributed by atoms with E-state index in [1.165, 1.54) is 21.2 Å². The van der Waals surface area contributed by atoms with Gasteiger partial charge in [-0.1, -0.05) is 11.6 Å². The fraction of sp³-hybridized carbons (Fsp3) is 0.316. The lowest BCUT2D eigenvalue weighted by atomic mass is 10.1. The number of thioether (sulfide) groups is 1. The number of nitrogens with zero attached hydrogens (tertiary/aromatic N) is 1. The number of rotatable bonds is 6. The number of fused-ring (bicyclic) bond motifs is 2. The zero-order valence-corrected chi connectivity index (χ0v) is 14.7. The molecule has 0 atom stereocenters. The van der Waals surface area contributed by atoms with E-state index in [2.05, 4.69) is 36.5 Å². The van der Waals surface area contributed by atoms with Gasteiger partial charge < -0.3 is 10.1 Å². The van der Waals surface area contributed by atoms with Gasteiger partial charge >= 0.3 is 0 Å². The molecule has 0 aliphatic heterocycles. The molecule has 0 aliphatic carbocycles. The summed E-state index contributed by atoms with van der Waals surface area (Å²) in [4.78, 5) is 6.13. The first kappa shape index (κ1) is 16.1. The molecule has 4 heteroatoms. The first-order valence-electron chi connectivity index (χ1n) is 7.88. The average Bonchev–Trinajstić information content (AvgIpc) is 2.57. The number of nitrogens with one attached hydrogen (secondary N) is 1. The third-order valence-corrected chi connectivity index (χ3v) is 5.12. The molecule has 3 aromatic rings. The molecule has 1 aromatic heterocycles. The van der Waals surface area contributed by atoms with Gasteiger partial charge in [0, 0.05) is 15.7 Å². The van der Waals surface area contributed by atoms with E-state index in [1.807, 2.05) is 30.9 Å². The molecule has 0 amide bonds. The molecule has 0 unspecified atom stereocenters. The van der Waals surface area contributed by atoms with Gasteiger partial charge in [-0.3, -0.25) is 0 Å². The highest BCUT2D eigenvalue weighted by Crippen LogP contribution is 2.36. The Morgan fingerprint density at radius 3 is 2.57 bits per heavy atom. The Bertz CT molecular complexity index is 832. The van der Waals surface area contributed by atoms with Crippen LogP contribution in [0.2, 0.25) is 0 Å². The summed E-state index contributed by atoms with van der Waals surface area (Å²) in [6.07, 6.45) is 1.14. The maximum Gasteiger partial charge on any atom is 0.119 e. The van der Waals surface area contributed by atoms with Crippen molar-refractivity contribution in [3.8, 4) is 5.75 Å². The highest BCUT2D eigenvalue weighted by Gasteiger charge is 2.11. The quantitative estimate of drug-likeness (QED) is 0.413. The second-order valence-electron chi connectivity index (χ2n) is 5.65. The van der Waals surface area contributed by atoms with Crippen LogP contribution >= 0.6 is 11.8 Å². The summed E-state index contributed by atoms with van der Waals surface area (Å²) in [6, 6.07) is 12.6. The van der Waals surface area contributed by atoms with E-state index < -0.39 is 0 Å². The minimum Gasteiger partial charge on any atom is -0.497 e. The van der Waals surface area contributed by atoms with Crippen LogP contribution in [-0.4, -0.2) is 31.4 Å². The van der Waals surface area contributed by atoms with Crippen molar-refractivity contribution in [3.05, 3.63) is 42.0 Å². The molecule has 1 heterocycles. The Balaban J connectivity index is 2.15. The summed E-state index contributed by atoms with van der Waals surface area (Å²) >= 11 is 1.91. The molecule has 2 aromatic carbocycles. The number of methoxy groups -OCH3 is 1. The van der Waals surface area contributed by atoms with E-state index >= 15 is 0 Å². The summed E-state index contributed by atoms with van der Waals surface area (Å²) in [5.74, 6) is 1.96. The van der Waals surface area contributed by atoms with Gasteiger partial charge in [-0.25, -0.2) is 4.98 Å². The summed E-state index contributed by atoms with van der Waals surface area (Å²) < 4.78 is 5.41. The zero-order chi connectivity index (χ0) is 16.2. The number of aromatic nitrogens is 1. The SMILES string of the molecule is CNCCCSc1c2cc(C)ccc2nc2ccc(OC)cc12. The molecular formula is C19H22N2OS. The zero-order valence-electron chi connectivity index (χ0n) is 13.8. The molecule has 1 N–H and O–H groups in total. The second-order valence-corrected chi connectivity index (χ2v) is 6.76. The van der Waals surface area contributed by atoms with E-state index in [0.29, 0.717) is 0 Å². The Labute approximate surface area is 141 Å². The van der Waals surface area contributed by atoms with E-state index in [0.717, 1.165) is 35.5 Å². The van der Waals surface area contributed by atoms with Crippen molar-refractivity contribution in [2.24, 2.45) is 0 Å². The summed E-state index contributed by atoms with van der Waals surface area (Å²) in [5.41, 5.74) is 3.35. The van der Waals surface area contributed by atoms with Crippen molar-refractivity contribution in [1.82, 2.24) is 10.3 Å². The van der Waals surface area contributed by atoms with Gasteiger partial charge in [0.1, 0.15) is 5.75 Å². The van der Waals surface area contributed by atoms with Crippen molar-refractivity contribution in [2.75, 3.05) is 26.5 Å². The number of aryl methyl sites for hydroxylation is 1. The van der Waals surface area contributed by atoms with E-state index in [-0.39, 0.29) is 0 Å². The number of ether oxygens (including phenoxy) is 1. The predicted molar refractivity (Wildman–Crippen MR) is 99.8 cm³/mol. The van der Waals surface area contributed by atoms with Crippen LogP contribution < -0.4 is 10.1 Å². The molecule has 23 heavy (non-hydrogen) atoms. The number of pyridine rings is 1. The minimum atomic E-state index is 0.878. The van der Waals surface area contributed by atoms with Crippen LogP contribution in [0.1, 0.15) is 12.0 Å². The normalized spacial score (nSPS) is 11.3. The third kappa shape index (κ3) is 3.43. The number of hydrogen-bond acceptors (Lipinski definition) is 4. The first-order chi connectivity index (χ1) is 11.2. The molecule has 3 rings (SSSR count). The Morgan fingerprint density at radius 2 is 1.83 bits per heavy atom. The van der Waals surface area contributed by atoms with Gasteiger partial charge in [0.15, 0.2) is 0 Å². The first-order valence-corrected chi connectivity index (χ1v) is 8.87. The Hall–Kier alpha value is -1.78. The van der Waals surface area contributed by atoms with E-state index in [4.69, 9.17) is 9.72 Å². The van der Waals surface area contributed by atoms with Crippen LogP contribution in [0.4, 0.5) is 0 Å². The van der Waals surface area contributed by atoms with Crippen LogP contribution in [0.25, 0.3) is 21.8 Å². The Morgan fingerprint density at radius 1 is 1.09 bits per heavy atom. The van der Waals surface area contributed by atoms with E-state index in [1.54, 1.807) is 7.11 Å². The predicted octanol–water partition coefficient (Wildman–Crippen LogP) is 4.41. The van der Waals surface area contributed by atoms with Gasteiger partial charge in [0.25, 0.3) is 0 Å². The van der Waals surface area contributed by atoms with Crippen LogP contribution in [0, 0.1) is 6.92 Å². The lowest BCUT2D eigenvalue weighted by molar-refractivity contribution is 0.415. The minimum absolute atomic E-state index is 0.878. The van der Waals surface area contributed by atoms with Crippen molar-refractivity contribution >= 4 is 33.6 Å². The highest BCUT2D eigenvalue weighted by atomic mass is 32.2. The van der Waals surface area contributed by atoms with Crippen LogP contribution in [0.5, 0.6) is 5.75 Å². The van der Waals surface area contributed by atoms with E-state index in [9.17, 15) is 0 Å². The highest BCUT2D eigenvalue weighted by molar-refractivity contribution is 7.99. The maximum atomic E-state index is 5.41. The third-order valence-electron chi connectivity index (χ3n) is 3.90. The van der Waals surface area contributed by atoms with Crippen molar-refractivity contribution in [2.45, 2.75) is 18.2 Å². The largest absolute Gasteiger partial charge is 0.497 e. The monoisotopic (exact) mass is 326 g/mol. The standard InChI is InChI=1S/C19H22N2OS/c1-13-5-7-17-15(11-13)19(23-10-4-9-20-2)16-12-14(22-3)6-8-18(16)21-17/h5-8,11-12,20H,4,9-10H2,1-3H3. The van der Waals surface area contributed by atoms with Gasteiger partial charge in [0.2, 0.25) is 0 Å². The fourth-order valence-electron chi connectivity index (χ4n) is 2.70. The lowest BCUT2D eigenvalue weighted by Crippen LogP contribution is -2.08. The molecule has 0 saturated heterocycles.